The second-order valence-electron chi connectivity index (χ2n) is 6.18. The molecular formula is C20H20Br2N2O3. The van der Waals surface area contributed by atoms with Crippen molar-refractivity contribution < 1.29 is 14.3 Å². The molecule has 1 saturated heterocycles. The van der Waals surface area contributed by atoms with Crippen molar-refractivity contribution in [2.24, 2.45) is 4.99 Å². The van der Waals surface area contributed by atoms with Gasteiger partial charge in [-0.05, 0) is 80.2 Å². The minimum absolute atomic E-state index is 0.0162. The van der Waals surface area contributed by atoms with Crippen molar-refractivity contribution in [1.82, 2.24) is 4.90 Å². The van der Waals surface area contributed by atoms with Crippen molar-refractivity contribution in [2.75, 3.05) is 32.9 Å². The molecule has 0 saturated carbocycles. The van der Waals surface area contributed by atoms with E-state index >= 15 is 0 Å². The lowest BCUT2D eigenvalue weighted by Gasteiger charge is -2.26. The minimum atomic E-state index is -0.0277. The van der Waals surface area contributed by atoms with Crippen LogP contribution in [-0.4, -0.2) is 49.9 Å². The van der Waals surface area contributed by atoms with Gasteiger partial charge in [0.25, 0.3) is 5.91 Å². The lowest BCUT2D eigenvalue weighted by molar-refractivity contribution is -0.137. The largest absolute Gasteiger partial charge is 0.483 e. The van der Waals surface area contributed by atoms with Crippen LogP contribution < -0.4 is 4.74 Å². The highest BCUT2D eigenvalue weighted by Crippen LogP contribution is 2.28. The van der Waals surface area contributed by atoms with Crippen LogP contribution in [0, 0.1) is 6.92 Å². The van der Waals surface area contributed by atoms with E-state index in [9.17, 15) is 4.79 Å². The Labute approximate surface area is 175 Å². The van der Waals surface area contributed by atoms with E-state index in [1.165, 1.54) is 5.56 Å². The fraction of sp³-hybridized carbons (Fsp3) is 0.300. The number of hydrogen-bond donors (Lipinski definition) is 0. The molecular weight excluding hydrogens is 476 g/mol. The zero-order valence-electron chi connectivity index (χ0n) is 15.0. The van der Waals surface area contributed by atoms with Crippen LogP contribution in [0.15, 0.2) is 50.3 Å². The van der Waals surface area contributed by atoms with Gasteiger partial charge in [-0.3, -0.25) is 9.79 Å². The maximum absolute atomic E-state index is 12.2. The summed E-state index contributed by atoms with van der Waals surface area (Å²) in [6.45, 7) is 4.46. The van der Waals surface area contributed by atoms with Crippen molar-refractivity contribution in [2.45, 2.75) is 6.92 Å². The number of benzene rings is 2. The number of ether oxygens (including phenoxy) is 2. The Morgan fingerprint density at radius 3 is 2.67 bits per heavy atom. The highest BCUT2D eigenvalue weighted by atomic mass is 79.9. The molecule has 142 valence electrons. The summed E-state index contributed by atoms with van der Waals surface area (Å²) in [5, 5.41) is 0. The van der Waals surface area contributed by atoms with Crippen molar-refractivity contribution in [3.63, 3.8) is 0 Å². The van der Waals surface area contributed by atoms with Crippen LogP contribution in [0.4, 0.5) is 5.69 Å². The molecule has 1 aliphatic heterocycles. The molecule has 27 heavy (non-hydrogen) atoms. The van der Waals surface area contributed by atoms with E-state index in [2.05, 4.69) is 36.9 Å². The number of aliphatic imine (C=N–C) groups is 1. The number of halogens is 2. The minimum Gasteiger partial charge on any atom is -0.483 e. The fourth-order valence-electron chi connectivity index (χ4n) is 2.62. The maximum Gasteiger partial charge on any atom is 0.260 e. The van der Waals surface area contributed by atoms with E-state index in [1.54, 1.807) is 11.1 Å². The number of morpholine rings is 1. The Morgan fingerprint density at radius 1 is 1.19 bits per heavy atom. The fourth-order valence-corrected chi connectivity index (χ4v) is 3.73. The zero-order chi connectivity index (χ0) is 19.2. The van der Waals surface area contributed by atoms with Gasteiger partial charge < -0.3 is 14.4 Å². The Bertz CT molecular complexity index is 849. The third kappa shape index (κ3) is 5.64. The van der Waals surface area contributed by atoms with Crippen molar-refractivity contribution >= 4 is 49.7 Å². The molecule has 1 heterocycles. The van der Waals surface area contributed by atoms with Crippen molar-refractivity contribution in [3.05, 3.63) is 56.5 Å². The molecule has 1 amide bonds. The summed E-state index contributed by atoms with van der Waals surface area (Å²) in [7, 11) is 0. The number of rotatable bonds is 5. The smallest absolute Gasteiger partial charge is 0.260 e. The van der Waals surface area contributed by atoms with Crippen LogP contribution in [-0.2, 0) is 9.53 Å². The predicted octanol–water partition coefficient (Wildman–Crippen LogP) is 4.51. The second-order valence-corrected chi connectivity index (χ2v) is 7.89. The summed E-state index contributed by atoms with van der Waals surface area (Å²) in [6.07, 6.45) is 1.79. The van der Waals surface area contributed by atoms with Gasteiger partial charge in [-0.15, -0.1) is 0 Å². The standard InChI is InChI=1S/C20H20Br2N2O3/c1-14-2-4-18(16(21)10-14)23-12-15-3-5-19(17(22)11-15)27-13-20(25)24-6-8-26-9-7-24/h2-5,10-12H,6-9,13H2,1H3. The molecule has 0 aromatic heterocycles. The molecule has 0 N–H and O–H groups in total. The molecule has 1 fully saturated rings. The van der Waals surface area contributed by atoms with Crippen molar-refractivity contribution in [1.29, 1.82) is 0 Å². The monoisotopic (exact) mass is 494 g/mol. The first-order valence-corrected chi connectivity index (χ1v) is 10.2. The van der Waals surface area contributed by atoms with Crippen LogP contribution >= 0.6 is 31.9 Å². The molecule has 2 aromatic rings. The molecule has 0 spiro atoms. The first-order valence-electron chi connectivity index (χ1n) is 8.61. The number of hydrogen-bond acceptors (Lipinski definition) is 4. The molecule has 0 atom stereocenters. The highest BCUT2D eigenvalue weighted by Gasteiger charge is 2.17. The molecule has 0 aliphatic carbocycles. The van der Waals surface area contributed by atoms with Crippen LogP contribution in [0.25, 0.3) is 0 Å². The van der Waals surface area contributed by atoms with Gasteiger partial charge in [0.2, 0.25) is 0 Å². The van der Waals surface area contributed by atoms with Gasteiger partial charge in [-0.25, -0.2) is 0 Å². The van der Waals surface area contributed by atoms with Crippen LogP contribution in [0.3, 0.4) is 0 Å². The number of amides is 1. The Morgan fingerprint density at radius 2 is 1.96 bits per heavy atom. The number of carbonyl (C=O) groups is 1. The third-order valence-corrected chi connectivity index (χ3v) is 5.38. The summed E-state index contributed by atoms with van der Waals surface area (Å²) >= 11 is 7.03. The van der Waals surface area contributed by atoms with E-state index in [0.29, 0.717) is 32.1 Å². The highest BCUT2D eigenvalue weighted by molar-refractivity contribution is 9.11. The second kappa shape index (κ2) is 9.48. The number of nitrogens with zero attached hydrogens (tertiary/aromatic N) is 2. The molecule has 0 bridgehead atoms. The quantitative estimate of drug-likeness (QED) is 0.573. The molecule has 1 aliphatic rings. The molecule has 2 aromatic carbocycles. The van der Waals surface area contributed by atoms with Crippen LogP contribution in [0.2, 0.25) is 0 Å². The summed E-state index contributed by atoms with van der Waals surface area (Å²) in [6, 6.07) is 11.7. The molecule has 5 nitrogen and oxygen atoms in total. The Balaban J connectivity index is 1.61. The molecule has 0 unspecified atom stereocenters. The molecule has 3 rings (SSSR count). The van der Waals surface area contributed by atoms with Crippen LogP contribution in [0.1, 0.15) is 11.1 Å². The summed E-state index contributed by atoms with van der Waals surface area (Å²) < 4.78 is 12.7. The normalized spacial score (nSPS) is 14.6. The summed E-state index contributed by atoms with van der Waals surface area (Å²) in [4.78, 5) is 18.4. The van der Waals surface area contributed by atoms with Crippen LogP contribution in [0.5, 0.6) is 5.75 Å². The average molecular weight is 496 g/mol. The van der Waals surface area contributed by atoms with Gasteiger partial charge in [0.05, 0.1) is 23.4 Å². The zero-order valence-corrected chi connectivity index (χ0v) is 18.1. The SMILES string of the molecule is Cc1ccc(N=Cc2ccc(OCC(=O)N3CCOCC3)c(Br)c2)c(Br)c1. The third-order valence-electron chi connectivity index (χ3n) is 4.13. The van der Waals surface area contributed by atoms with Crippen molar-refractivity contribution in [3.8, 4) is 5.75 Å². The Hall–Kier alpha value is -1.70. The summed E-state index contributed by atoms with van der Waals surface area (Å²) in [5.41, 5.74) is 2.98. The average Bonchev–Trinajstić information content (AvgIpc) is 2.67. The van der Waals surface area contributed by atoms with E-state index in [4.69, 9.17) is 9.47 Å². The molecule has 0 radical (unpaired) electrons. The topological polar surface area (TPSA) is 51.1 Å². The first kappa shape index (κ1) is 20.0. The first-order chi connectivity index (χ1) is 13.0. The van der Waals surface area contributed by atoms with E-state index in [0.717, 1.165) is 20.2 Å². The maximum atomic E-state index is 12.2. The van der Waals surface area contributed by atoms with Gasteiger partial charge in [-0.2, -0.15) is 0 Å². The predicted molar refractivity (Wildman–Crippen MR) is 113 cm³/mol. The number of carbonyl (C=O) groups excluding carboxylic acids is 1. The Kier molecular flexibility index (Phi) is 7.04. The van der Waals surface area contributed by atoms with Gasteiger partial charge in [0, 0.05) is 23.8 Å². The summed E-state index contributed by atoms with van der Waals surface area (Å²) in [5.74, 6) is 0.602. The number of aryl methyl sites for hydroxylation is 1. The molecule has 7 heteroatoms. The van der Waals surface area contributed by atoms with E-state index < -0.39 is 0 Å². The van der Waals surface area contributed by atoms with Gasteiger partial charge in [0.15, 0.2) is 6.61 Å². The lowest BCUT2D eigenvalue weighted by Crippen LogP contribution is -2.43. The van der Waals surface area contributed by atoms with Gasteiger partial charge >= 0.3 is 0 Å². The van der Waals surface area contributed by atoms with E-state index in [1.807, 2.05) is 43.3 Å². The van der Waals surface area contributed by atoms with E-state index in [-0.39, 0.29) is 12.5 Å². The lowest BCUT2D eigenvalue weighted by atomic mass is 10.2. The van der Waals surface area contributed by atoms with Gasteiger partial charge in [-0.1, -0.05) is 6.07 Å². The van der Waals surface area contributed by atoms with Gasteiger partial charge in [0.1, 0.15) is 5.75 Å².